The fourth-order valence-electron chi connectivity index (χ4n) is 0.370. The van der Waals surface area contributed by atoms with Crippen LogP contribution in [0.3, 0.4) is 0 Å². The summed E-state index contributed by atoms with van der Waals surface area (Å²) in [4.78, 5) is 13.5. The Bertz CT molecular complexity index is 186. The van der Waals surface area contributed by atoms with Crippen molar-refractivity contribution in [2.75, 3.05) is 0 Å². The number of carbonyl (C=O) groups excluding carboxylic acids is 1. The van der Waals surface area contributed by atoms with Crippen LogP contribution in [0.1, 0.15) is 11.9 Å². The summed E-state index contributed by atoms with van der Waals surface area (Å²) in [6.07, 6.45) is -0.765. The van der Waals surface area contributed by atoms with Crippen LogP contribution in [0, 0.1) is 0 Å². The Morgan fingerprint density at radius 1 is 1.89 bits per heavy atom. The van der Waals surface area contributed by atoms with Crippen LogP contribution in [-0.4, -0.2) is 20.8 Å². The fourth-order valence-corrected chi connectivity index (χ4v) is 0.835. The molecule has 0 aromatic carbocycles. The van der Waals surface area contributed by atoms with Gasteiger partial charge in [0.15, 0.2) is 18.2 Å². The Morgan fingerprint density at radius 3 is 3.11 bits per heavy atom. The molecule has 1 heterocycles. The standard InChI is InChI=1S/C4H4N2O2S/c7-1-3(8)4-5-2-9-6-4/h1-3,8H. The smallest absolute Gasteiger partial charge is 0.178 e. The van der Waals surface area contributed by atoms with Gasteiger partial charge in [-0.15, -0.1) is 0 Å². The third kappa shape index (κ3) is 1.30. The highest BCUT2D eigenvalue weighted by Crippen LogP contribution is 2.03. The van der Waals surface area contributed by atoms with Gasteiger partial charge in [-0.3, -0.25) is 4.79 Å². The number of rotatable bonds is 2. The van der Waals surface area contributed by atoms with Gasteiger partial charge in [-0.05, 0) is 11.5 Å². The number of aliphatic hydroxyl groups is 1. The lowest BCUT2D eigenvalue weighted by atomic mass is 10.4. The lowest BCUT2D eigenvalue weighted by Crippen LogP contribution is -1.99. The first-order valence-electron chi connectivity index (χ1n) is 2.24. The van der Waals surface area contributed by atoms with Gasteiger partial charge in [0, 0.05) is 0 Å². The van der Waals surface area contributed by atoms with Crippen LogP contribution < -0.4 is 0 Å². The van der Waals surface area contributed by atoms with Crippen LogP contribution in [-0.2, 0) is 4.79 Å². The summed E-state index contributed by atoms with van der Waals surface area (Å²) in [6.45, 7) is 0. The highest BCUT2D eigenvalue weighted by Gasteiger charge is 2.07. The second kappa shape index (κ2) is 2.65. The fraction of sp³-hybridized carbons (Fsp3) is 0.250. The summed E-state index contributed by atoms with van der Waals surface area (Å²) >= 11 is 1.10. The highest BCUT2D eigenvalue weighted by atomic mass is 32.1. The number of aldehydes is 1. The topological polar surface area (TPSA) is 63.1 Å². The number of nitrogens with zero attached hydrogens (tertiary/aromatic N) is 2. The Kier molecular flexibility index (Phi) is 1.86. The van der Waals surface area contributed by atoms with Crippen LogP contribution in [0.2, 0.25) is 0 Å². The summed E-state index contributed by atoms with van der Waals surface area (Å²) in [7, 11) is 0. The molecule has 1 unspecified atom stereocenters. The van der Waals surface area contributed by atoms with Crippen molar-refractivity contribution in [1.82, 2.24) is 9.36 Å². The molecule has 0 amide bonds. The second-order valence-electron chi connectivity index (χ2n) is 1.37. The van der Waals surface area contributed by atoms with Crippen molar-refractivity contribution in [2.24, 2.45) is 0 Å². The molecule has 0 saturated heterocycles. The summed E-state index contributed by atoms with van der Waals surface area (Å²) in [5, 5.41) is 8.73. The Balaban J connectivity index is 2.76. The molecular formula is C4H4N2O2S. The van der Waals surface area contributed by atoms with E-state index < -0.39 is 6.10 Å². The van der Waals surface area contributed by atoms with Crippen LogP contribution in [0.15, 0.2) is 5.51 Å². The summed E-state index contributed by atoms with van der Waals surface area (Å²) < 4.78 is 3.64. The predicted molar refractivity (Wildman–Crippen MR) is 30.9 cm³/mol. The number of hydrogen-bond acceptors (Lipinski definition) is 5. The maximum Gasteiger partial charge on any atom is 0.178 e. The number of aromatic nitrogens is 2. The lowest BCUT2D eigenvalue weighted by molar-refractivity contribution is -0.115. The van der Waals surface area contributed by atoms with E-state index in [-0.39, 0.29) is 5.82 Å². The van der Waals surface area contributed by atoms with E-state index in [0.29, 0.717) is 6.29 Å². The molecule has 0 aliphatic heterocycles. The van der Waals surface area contributed by atoms with E-state index in [1.807, 2.05) is 0 Å². The maximum atomic E-state index is 9.88. The van der Waals surface area contributed by atoms with Crippen molar-refractivity contribution in [3.05, 3.63) is 11.3 Å². The van der Waals surface area contributed by atoms with Crippen molar-refractivity contribution in [1.29, 1.82) is 0 Å². The molecule has 0 aliphatic rings. The minimum Gasteiger partial charge on any atom is -0.378 e. The van der Waals surface area contributed by atoms with E-state index in [1.165, 1.54) is 5.51 Å². The van der Waals surface area contributed by atoms with Crippen molar-refractivity contribution < 1.29 is 9.90 Å². The second-order valence-corrected chi connectivity index (χ2v) is 1.97. The van der Waals surface area contributed by atoms with Gasteiger partial charge < -0.3 is 5.11 Å². The molecule has 1 rings (SSSR count). The number of aliphatic hydroxyl groups excluding tert-OH is 1. The van der Waals surface area contributed by atoms with Gasteiger partial charge in [-0.2, -0.15) is 4.37 Å². The molecule has 0 spiro atoms. The zero-order valence-corrected chi connectivity index (χ0v) is 5.21. The van der Waals surface area contributed by atoms with E-state index in [0.717, 1.165) is 11.5 Å². The highest BCUT2D eigenvalue weighted by molar-refractivity contribution is 7.03. The van der Waals surface area contributed by atoms with Crippen LogP contribution in [0.25, 0.3) is 0 Å². The Labute approximate surface area is 55.3 Å². The van der Waals surface area contributed by atoms with E-state index in [4.69, 9.17) is 5.11 Å². The van der Waals surface area contributed by atoms with Crippen LogP contribution in [0.4, 0.5) is 0 Å². The monoisotopic (exact) mass is 144 g/mol. The molecule has 1 atom stereocenters. The molecule has 4 nitrogen and oxygen atoms in total. The molecule has 1 aromatic heterocycles. The van der Waals surface area contributed by atoms with Crippen molar-refractivity contribution >= 4 is 17.8 Å². The van der Waals surface area contributed by atoms with Gasteiger partial charge in [0.2, 0.25) is 0 Å². The third-order valence-corrected chi connectivity index (χ3v) is 1.26. The summed E-state index contributed by atoms with van der Waals surface area (Å²) in [5.74, 6) is 0.176. The van der Waals surface area contributed by atoms with Gasteiger partial charge in [0.1, 0.15) is 5.51 Å². The molecule has 0 bridgehead atoms. The Morgan fingerprint density at radius 2 is 2.67 bits per heavy atom. The van der Waals surface area contributed by atoms with E-state index in [2.05, 4.69) is 9.36 Å². The first-order valence-corrected chi connectivity index (χ1v) is 3.08. The molecular weight excluding hydrogens is 140 g/mol. The predicted octanol–water partition coefficient (Wildman–Crippen LogP) is -0.230. The molecule has 0 radical (unpaired) electrons. The molecule has 0 saturated carbocycles. The first kappa shape index (κ1) is 6.31. The molecule has 5 heteroatoms. The van der Waals surface area contributed by atoms with Gasteiger partial charge >= 0.3 is 0 Å². The molecule has 9 heavy (non-hydrogen) atoms. The zero-order chi connectivity index (χ0) is 6.69. The van der Waals surface area contributed by atoms with Crippen LogP contribution in [0.5, 0.6) is 0 Å². The van der Waals surface area contributed by atoms with Crippen molar-refractivity contribution in [3.8, 4) is 0 Å². The summed E-state index contributed by atoms with van der Waals surface area (Å²) in [6, 6.07) is 0. The lowest BCUT2D eigenvalue weighted by Gasteiger charge is -1.91. The molecule has 0 fully saturated rings. The largest absolute Gasteiger partial charge is 0.378 e. The average molecular weight is 144 g/mol. The van der Waals surface area contributed by atoms with Crippen molar-refractivity contribution in [2.45, 2.75) is 6.10 Å². The van der Waals surface area contributed by atoms with Gasteiger partial charge in [0.25, 0.3) is 0 Å². The molecule has 48 valence electrons. The van der Waals surface area contributed by atoms with Gasteiger partial charge in [-0.25, -0.2) is 4.98 Å². The van der Waals surface area contributed by atoms with E-state index >= 15 is 0 Å². The first-order chi connectivity index (χ1) is 4.34. The van der Waals surface area contributed by atoms with Crippen LogP contribution >= 0.6 is 11.5 Å². The summed E-state index contributed by atoms with van der Waals surface area (Å²) in [5.41, 5.74) is 1.46. The molecule has 1 aromatic rings. The quantitative estimate of drug-likeness (QED) is 0.582. The van der Waals surface area contributed by atoms with E-state index in [9.17, 15) is 4.79 Å². The van der Waals surface area contributed by atoms with Gasteiger partial charge in [0.05, 0.1) is 0 Å². The number of carbonyl (C=O) groups is 1. The minimum absolute atomic E-state index is 0.176. The maximum absolute atomic E-state index is 9.88. The SMILES string of the molecule is O=CC(O)c1ncsn1. The molecule has 1 N–H and O–H groups in total. The minimum atomic E-state index is -1.16. The number of hydrogen-bond donors (Lipinski definition) is 1. The van der Waals surface area contributed by atoms with Crippen molar-refractivity contribution in [3.63, 3.8) is 0 Å². The Hall–Kier alpha value is -0.810. The zero-order valence-electron chi connectivity index (χ0n) is 4.39. The average Bonchev–Trinajstić information content (AvgIpc) is 2.37. The third-order valence-electron chi connectivity index (χ3n) is 0.772. The van der Waals surface area contributed by atoms with Gasteiger partial charge in [-0.1, -0.05) is 0 Å². The molecule has 0 aliphatic carbocycles. The van der Waals surface area contributed by atoms with E-state index in [1.54, 1.807) is 0 Å². The normalized spacial score (nSPS) is 13.0.